The first kappa shape index (κ1) is 20.1. The SMILES string of the molecule is CC1CN(C(=O)[O-])CCN1c1ccc(C(O)(C(F)(F)F)C(F)(F)F)cc1. The van der Waals surface area contributed by atoms with Crippen molar-refractivity contribution < 1.29 is 41.4 Å². The molecule has 0 saturated carbocycles. The van der Waals surface area contributed by atoms with Crippen molar-refractivity contribution >= 4 is 11.8 Å². The summed E-state index contributed by atoms with van der Waals surface area (Å²) in [5, 5.41) is 20.2. The number of amides is 1. The van der Waals surface area contributed by atoms with Crippen LogP contribution >= 0.6 is 0 Å². The topological polar surface area (TPSA) is 66.8 Å². The minimum Gasteiger partial charge on any atom is -0.530 e. The summed E-state index contributed by atoms with van der Waals surface area (Å²) in [4.78, 5) is 13.5. The summed E-state index contributed by atoms with van der Waals surface area (Å²) in [6, 6.07) is 2.82. The zero-order chi connectivity index (χ0) is 19.9. The predicted molar refractivity (Wildman–Crippen MR) is 76.2 cm³/mol. The van der Waals surface area contributed by atoms with Gasteiger partial charge in [0.05, 0.1) is 0 Å². The summed E-state index contributed by atoms with van der Waals surface area (Å²) in [5.74, 6) is 0. The van der Waals surface area contributed by atoms with Gasteiger partial charge in [0.15, 0.2) is 0 Å². The number of hydrogen-bond donors (Lipinski definition) is 1. The molecule has 5 nitrogen and oxygen atoms in total. The first-order valence-electron chi connectivity index (χ1n) is 7.48. The van der Waals surface area contributed by atoms with Crippen LogP contribution in [0.25, 0.3) is 0 Å². The first-order valence-corrected chi connectivity index (χ1v) is 7.48. The van der Waals surface area contributed by atoms with Crippen molar-refractivity contribution in [3.05, 3.63) is 29.8 Å². The van der Waals surface area contributed by atoms with Gasteiger partial charge in [-0.25, -0.2) is 0 Å². The Hall–Kier alpha value is -2.17. The molecule has 0 spiro atoms. The van der Waals surface area contributed by atoms with Crippen LogP contribution < -0.4 is 10.0 Å². The highest BCUT2D eigenvalue weighted by Crippen LogP contribution is 2.50. The van der Waals surface area contributed by atoms with E-state index in [-0.39, 0.29) is 25.7 Å². The summed E-state index contributed by atoms with van der Waals surface area (Å²) in [6.07, 6.45) is -13.2. The van der Waals surface area contributed by atoms with Gasteiger partial charge in [-0.1, -0.05) is 12.1 Å². The molecule has 0 bridgehead atoms. The lowest BCUT2D eigenvalue weighted by molar-refractivity contribution is -0.376. The van der Waals surface area contributed by atoms with E-state index in [4.69, 9.17) is 0 Å². The van der Waals surface area contributed by atoms with Gasteiger partial charge >= 0.3 is 12.4 Å². The molecule has 1 N–H and O–H groups in total. The minimum atomic E-state index is -5.94. The van der Waals surface area contributed by atoms with Crippen molar-refractivity contribution in [2.24, 2.45) is 0 Å². The molecular formula is C15H15F6N2O3-. The number of carbonyl (C=O) groups is 1. The maximum atomic E-state index is 12.9. The van der Waals surface area contributed by atoms with E-state index in [1.54, 1.807) is 11.8 Å². The smallest absolute Gasteiger partial charge is 0.430 e. The molecule has 0 aromatic heterocycles. The van der Waals surface area contributed by atoms with Crippen LogP contribution in [0.15, 0.2) is 24.3 Å². The Kier molecular flexibility index (Phi) is 5.06. The molecule has 1 aliphatic heterocycles. The number of rotatable bonds is 2. The summed E-state index contributed by atoms with van der Waals surface area (Å²) in [6.45, 7) is 2.02. The fraction of sp³-hybridized carbons (Fsp3) is 0.533. The molecule has 2 rings (SSSR count). The normalized spacial score (nSPS) is 19.6. The molecule has 1 saturated heterocycles. The van der Waals surface area contributed by atoms with Crippen molar-refractivity contribution in [2.45, 2.75) is 30.9 Å². The molecule has 1 atom stereocenters. The van der Waals surface area contributed by atoms with Crippen LogP contribution in [0.4, 0.5) is 36.8 Å². The minimum absolute atomic E-state index is 0.0825. The number of benzene rings is 1. The quantitative estimate of drug-likeness (QED) is 0.790. The molecule has 26 heavy (non-hydrogen) atoms. The number of halogens is 6. The second kappa shape index (κ2) is 6.53. The number of carbonyl (C=O) groups excluding carboxylic acids is 1. The third kappa shape index (κ3) is 3.39. The van der Waals surface area contributed by atoms with Crippen LogP contribution in [0.2, 0.25) is 0 Å². The van der Waals surface area contributed by atoms with E-state index in [1.165, 1.54) is 0 Å². The molecule has 1 aromatic rings. The highest BCUT2D eigenvalue weighted by molar-refractivity contribution is 5.63. The molecule has 1 amide bonds. The van der Waals surface area contributed by atoms with E-state index < -0.39 is 29.6 Å². The number of piperazine rings is 1. The lowest BCUT2D eigenvalue weighted by Crippen LogP contribution is -2.56. The Morgan fingerprint density at radius 2 is 1.58 bits per heavy atom. The number of carboxylic acid groups (broad SMARTS) is 1. The monoisotopic (exact) mass is 385 g/mol. The molecule has 11 heteroatoms. The highest BCUT2D eigenvalue weighted by atomic mass is 19.4. The Morgan fingerprint density at radius 1 is 1.08 bits per heavy atom. The molecule has 1 aliphatic rings. The average molecular weight is 385 g/mol. The van der Waals surface area contributed by atoms with E-state index in [2.05, 4.69) is 0 Å². The van der Waals surface area contributed by atoms with Gasteiger partial charge in [0, 0.05) is 36.9 Å². The number of anilines is 1. The van der Waals surface area contributed by atoms with Crippen LogP contribution in [0.3, 0.4) is 0 Å². The largest absolute Gasteiger partial charge is 0.530 e. The maximum absolute atomic E-state index is 12.9. The van der Waals surface area contributed by atoms with Gasteiger partial charge in [-0.3, -0.25) is 0 Å². The van der Waals surface area contributed by atoms with Gasteiger partial charge in [0.1, 0.15) is 6.09 Å². The van der Waals surface area contributed by atoms with Gasteiger partial charge in [0.2, 0.25) is 0 Å². The van der Waals surface area contributed by atoms with E-state index in [1.807, 2.05) is 0 Å². The molecule has 146 valence electrons. The van der Waals surface area contributed by atoms with Crippen molar-refractivity contribution in [1.82, 2.24) is 4.90 Å². The van der Waals surface area contributed by atoms with Gasteiger partial charge in [-0.15, -0.1) is 0 Å². The van der Waals surface area contributed by atoms with Crippen molar-refractivity contribution in [3.63, 3.8) is 0 Å². The number of hydrogen-bond acceptors (Lipinski definition) is 4. The maximum Gasteiger partial charge on any atom is 0.430 e. The van der Waals surface area contributed by atoms with Crippen LogP contribution in [-0.2, 0) is 5.60 Å². The van der Waals surface area contributed by atoms with Crippen LogP contribution in [-0.4, -0.2) is 54.1 Å². The van der Waals surface area contributed by atoms with Crippen LogP contribution in [0, 0.1) is 0 Å². The fourth-order valence-corrected chi connectivity index (χ4v) is 2.89. The third-order valence-electron chi connectivity index (χ3n) is 4.32. The predicted octanol–water partition coefficient (Wildman–Crippen LogP) is 1.85. The van der Waals surface area contributed by atoms with E-state index in [0.717, 1.165) is 17.0 Å². The molecular weight excluding hydrogens is 370 g/mol. The molecule has 1 unspecified atom stereocenters. The Labute approximate surface area is 144 Å². The Morgan fingerprint density at radius 3 is 1.96 bits per heavy atom. The number of alkyl halides is 6. The Balaban J connectivity index is 2.29. The average Bonchev–Trinajstić information content (AvgIpc) is 2.52. The van der Waals surface area contributed by atoms with Crippen molar-refractivity contribution in [1.29, 1.82) is 0 Å². The summed E-state index contributed by atoms with van der Waals surface area (Å²) < 4.78 is 77.2. The fourth-order valence-electron chi connectivity index (χ4n) is 2.89. The number of nitrogens with zero attached hydrogens (tertiary/aromatic N) is 2. The van der Waals surface area contributed by atoms with Crippen LogP contribution in [0.1, 0.15) is 12.5 Å². The van der Waals surface area contributed by atoms with Gasteiger partial charge < -0.3 is 24.8 Å². The van der Waals surface area contributed by atoms with E-state index in [0.29, 0.717) is 17.8 Å². The molecule has 1 aromatic carbocycles. The molecule has 1 fully saturated rings. The van der Waals surface area contributed by atoms with Gasteiger partial charge in [0.25, 0.3) is 5.60 Å². The lowest BCUT2D eigenvalue weighted by atomic mass is 9.92. The third-order valence-corrected chi connectivity index (χ3v) is 4.32. The summed E-state index contributed by atoms with van der Waals surface area (Å²) >= 11 is 0. The number of aliphatic hydroxyl groups is 1. The van der Waals surface area contributed by atoms with Crippen molar-refractivity contribution in [2.75, 3.05) is 24.5 Å². The highest BCUT2D eigenvalue weighted by Gasteiger charge is 2.71. The Bertz CT molecular complexity index is 645. The summed E-state index contributed by atoms with van der Waals surface area (Å²) in [5.41, 5.74) is -6.01. The lowest BCUT2D eigenvalue weighted by Gasteiger charge is -2.42. The zero-order valence-electron chi connectivity index (χ0n) is 13.4. The second-order valence-corrected chi connectivity index (χ2v) is 6.01. The summed E-state index contributed by atoms with van der Waals surface area (Å²) in [7, 11) is 0. The molecule has 1 heterocycles. The van der Waals surface area contributed by atoms with Crippen LogP contribution in [0.5, 0.6) is 0 Å². The first-order chi connectivity index (χ1) is 11.8. The van der Waals surface area contributed by atoms with Crippen molar-refractivity contribution in [3.8, 4) is 0 Å². The van der Waals surface area contributed by atoms with Gasteiger partial charge in [-0.05, 0) is 19.1 Å². The van der Waals surface area contributed by atoms with Gasteiger partial charge in [-0.2, -0.15) is 26.3 Å². The van der Waals surface area contributed by atoms with E-state index >= 15 is 0 Å². The zero-order valence-corrected chi connectivity index (χ0v) is 13.4. The van der Waals surface area contributed by atoms with E-state index in [9.17, 15) is 41.4 Å². The standard InChI is InChI=1S/C15H16F6N2O3/c1-9-8-22(12(24)25)6-7-23(9)11-4-2-10(3-5-11)13(26,14(16,17)18)15(19,20)21/h2-5,9,26H,6-8H2,1H3,(H,24,25)/p-1. The molecule has 0 radical (unpaired) electrons. The second-order valence-electron chi connectivity index (χ2n) is 6.01. The molecule has 0 aliphatic carbocycles.